The first-order valence-corrected chi connectivity index (χ1v) is 13.1. The molecule has 0 radical (unpaired) electrons. The molecule has 1 aromatic carbocycles. The fourth-order valence-corrected chi connectivity index (χ4v) is 5.40. The van der Waals surface area contributed by atoms with Crippen molar-refractivity contribution in [2.75, 3.05) is 31.6 Å². The molecule has 3 aliphatic rings. The van der Waals surface area contributed by atoms with E-state index in [2.05, 4.69) is 28.4 Å². The van der Waals surface area contributed by atoms with Crippen molar-refractivity contribution in [3.05, 3.63) is 58.9 Å². The van der Waals surface area contributed by atoms with Gasteiger partial charge in [-0.1, -0.05) is 24.3 Å². The van der Waals surface area contributed by atoms with Gasteiger partial charge in [0, 0.05) is 31.9 Å². The summed E-state index contributed by atoms with van der Waals surface area (Å²) in [6.07, 6.45) is 9.82. The number of nitrogens with zero attached hydrogens (tertiary/aromatic N) is 2. The predicted octanol–water partition coefficient (Wildman–Crippen LogP) is 4.63. The van der Waals surface area contributed by atoms with E-state index < -0.39 is 12.0 Å². The fraction of sp³-hybridized carbons (Fsp3) is 0.571. The molecule has 2 N–H and O–H groups in total. The van der Waals surface area contributed by atoms with Gasteiger partial charge in [-0.25, -0.2) is 0 Å². The number of carboxylic acid groups (broad SMARTS) is 1. The average Bonchev–Trinajstić information content (AvgIpc) is 3.55. The number of aryl methyl sites for hydroxylation is 2. The molecule has 1 unspecified atom stereocenters. The lowest BCUT2D eigenvalue weighted by molar-refractivity contribution is -0.143. The number of nitrogens with one attached hydrogen (secondary N) is 1. The topological polar surface area (TPSA) is 74.7 Å². The highest BCUT2D eigenvalue weighted by molar-refractivity contribution is 5.76. The van der Waals surface area contributed by atoms with Gasteiger partial charge in [0.1, 0.15) is 6.04 Å². The molecule has 2 fully saturated rings. The van der Waals surface area contributed by atoms with E-state index in [0.717, 1.165) is 76.1 Å². The Bertz CT molecular complexity index is 991. The van der Waals surface area contributed by atoms with Gasteiger partial charge in [0.05, 0.1) is 17.5 Å². The molecule has 34 heavy (non-hydrogen) atoms. The summed E-state index contributed by atoms with van der Waals surface area (Å²) < 4.78 is 6.17. The summed E-state index contributed by atoms with van der Waals surface area (Å²) in [4.78, 5) is 19.2. The van der Waals surface area contributed by atoms with Crippen molar-refractivity contribution < 1.29 is 14.6 Å². The Morgan fingerprint density at radius 1 is 1.18 bits per heavy atom. The summed E-state index contributed by atoms with van der Waals surface area (Å²) in [6, 6.07) is 11.9. The van der Waals surface area contributed by atoms with E-state index in [1.165, 1.54) is 35.5 Å². The Morgan fingerprint density at radius 3 is 2.91 bits per heavy atom. The van der Waals surface area contributed by atoms with Crippen LogP contribution in [0.2, 0.25) is 0 Å². The smallest absolute Gasteiger partial charge is 0.325 e. The fourth-order valence-electron chi connectivity index (χ4n) is 5.40. The van der Waals surface area contributed by atoms with Crippen molar-refractivity contribution in [2.24, 2.45) is 5.92 Å². The molecule has 6 heteroatoms. The third-order valence-corrected chi connectivity index (χ3v) is 7.45. The minimum atomic E-state index is -0.753. The number of pyridine rings is 1. The number of aromatic nitrogens is 1. The van der Waals surface area contributed by atoms with E-state index in [1.54, 1.807) is 0 Å². The van der Waals surface area contributed by atoms with Crippen LogP contribution in [0.25, 0.3) is 0 Å². The molecule has 1 saturated heterocycles. The first-order valence-electron chi connectivity index (χ1n) is 13.1. The lowest BCUT2D eigenvalue weighted by Crippen LogP contribution is -2.34. The maximum absolute atomic E-state index is 12.3. The number of benzene rings is 1. The van der Waals surface area contributed by atoms with E-state index in [-0.39, 0.29) is 6.10 Å². The SMILES string of the molecule is O=C(O)C(c1ccccc1CC1CC1)N1CC[C@@H](OCCCCc2ccc3c(n2)CCCN3)C1. The molecule has 2 aliphatic heterocycles. The Hall–Kier alpha value is -2.44. The first-order chi connectivity index (χ1) is 16.7. The molecule has 6 nitrogen and oxygen atoms in total. The Morgan fingerprint density at radius 2 is 2.06 bits per heavy atom. The maximum atomic E-state index is 12.3. The second-order valence-corrected chi connectivity index (χ2v) is 10.1. The molecule has 1 saturated carbocycles. The number of fused-ring (bicyclic) bond motifs is 1. The van der Waals surface area contributed by atoms with Crippen LogP contribution in [0.4, 0.5) is 5.69 Å². The first kappa shape index (κ1) is 23.3. The van der Waals surface area contributed by atoms with Gasteiger partial charge in [0.25, 0.3) is 0 Å². The lowest BCUT2D eigenvalue weighted by Gasteiger charge is -2.26. The summed E-state index contributed by atoms with van der Waals surface area (Å²) in [5.41, 5.74) is 5.74. The molecule has 182 valence electrons. The van der Waals surface area contributed by atoms with Gasteiger partial charge >= 0.3 is 5.97 Å². The van der Waals surface area contributed by atoms with Gasteiger partial charge in [-0.3, -0.25) is 14.7 Å². The monoisotopic (exact) mass is 463 g/mol. The quantitative estimate of drug-likeness (QED) is 0.473. The summed E-state index contributed by atoms with van der Waals surface area (Å²) in [6.45, 7) is 3.23. The molecular formula is C28H37N3O3. The van der Waals surface area contributed by atoms with Crippen LogP contribution in [0.5, 0.6) is 0 Å². The highest BCUT2D eigenvalue weighted by Crippen LogP contribution is 2.36. The number of ether oxygens (including phenoxy) is 1. The van der Waals surface area contributed by atoms with E-state index in [1.807, 2.05) is 18.2 Å². The molecule has 0 bridgehead atoms. The van der Waals surface area contributed by atoms with E-state index in [9.17, 15) is 9.90 Å². The van der Waals surface area contributed by atoms with Crippen molar-refractivity contribution in [2.45, 2.75) is 69.9 Å². The zero-order chi connectivity index (χ0) is 23.3. The van der Waals surface area contributed by atoms with Crippen molar-refractivity contribution >= 4 is 11.7 Å². The number of rotatable bonds is 11. The third-order valence-electron chi connectivity index (χ3n) is 7.45. The normalized spacial score (nSPS) is 21.1. The molecule has 2 aromatic rings. The highest BCUT2D eigenvalue weighted by Gasteiger charge is 2.35. The molecule has 0 spiro atoms. The average molecular weight is 464 g/mol. The Labute approximate surface area is 202 Å². The number of unbranched alkanes of at least 4 members (excludes halogenated alkanes) is 1. The zero-order valence-corrected chi connectivity index (χ0v) is 20.0. The molecule has 0 amide bonds. The second-order valence-electron chi connectivity index (χ2n) is 10.1. The van der Waals surface area contributed by atoms with Crippen LogP contribution < -0.4 is 5.32 Å². The van der Waals surface area contributed by atoms with Crippen LogP contribution in [0.3, 0.4) is 0 Å². The van der Waals surface area contributed by atoms with Crippen LogP contribution in [0.15, 0.2) is 36.4 Å². The summed E-state index contributed by atoms with van der Waals surface area (Å²) in [7, 11) is 0. The van der Waals surface area contributed by atoms with Crippen molar-refractivity contribution in [1.29, 1.82) is 0 Å². The van der Waals surface area contributed by atoms with Crippen LogP contribution in [-0.2, 0) is 28.8 Å². The summed E-state index contributed by atoms with van der Waals surface area (Å²) in [5, 5.41) is 13.5. The van der Waals surface area contributed by atoms with E-state index >= 15 is 0 Å². The summed E-state index contributed by atoms with van der Waals surface area (Å²) >= 11 is 0. The van der Waals surface area contributed by atoms with Gasteiger partial charge in [-0.15, -0.1) is 0 Å². The van der Waals surface area contributed by atoms with Crippen LogP contribution >= 0.6 is 0 Å². The molecule has 1 aromatic heterocycles. The maximum Gasteiger partial charge on any atom is 0.325 e. The second kappa shape index (κ2) is 10.9. The number of anilines is 1. The van der Waals surface area contributed by atoms with Gasteiger partial charge in [0.15, 0.2) is 0 Å². The minimum Gasteiger partial charge on any atom is -0.480 e. The minimum absolute atomic E-state index is 0.116. The third kappa shape index (κ3) is 5.78. The lowest BCUT2D eigenvalue weighted by atomic mass is 9.95. The van der Waals surface area contributed by atoms with Gasteiger partial charge in [-0.2, -0.15) is 0 Å². The highest BCUT2D eigenvalue weighted by atomic mass is 16.5. The zero-order valence-electron chi connectivity index (χ0n) is 20.0. The molecule has 1 aliphatic carbocycles. The van der Waals surface area contributed by atoms with Crippen molar-refractivity contribution in [3.63, 3.8) is 0 Å². The number of hydrogen-bond acceptors (Lipinski definition) is 5. The van der Waals surface area contributed by atoms with Crippen LogP contribution in [0, 0.1) is 5.92 Å². The van der Waals surface area contributed by atoms with Crippen LogP contribution in [0.1, 0.15) is 67.1 Å². The van der Waals surface area contributed by atoms with Crippen molar-refractivity contribution in [1.82, 2.24) is 9.88 Å². The number of carbonyl (C=O) groups is 1. The molecule has 2 atom stereocenters. The van der Waals surface area contributed by atoms with E-state index in [4.69, 9.17) is 9.72 Å². The Kier molecular flexibility index (Phi) is 7.45. The van der Waals surface area contributed by atoms with Crippen LogP contribution in [-0.4, -0.2) is 53.3 Å². The molecular weight excluding hydrogens is 426 g/mol. The number of likely N-dealkylation sites (tertiary alicyclic amines) is 1. The van der Waals surface area contributed by atoms with Gasteiger partial charge in [0.2, 0.25) is 0 Å². The summed E-state index contributed by atoms with van der Waals surface area (Å²) in [5.74, 6) is -0.0185. The van der Waals surface area contributed by atoms with Crippen molar-refractivity contribution in [3.8, 4) is 0 Å². The standard InChI is InChI=1S/C28H37N3O3/c32-28(33)27(24-8-2-1-6-21(24)18-20-10-11-20)31-16-14-23(19-31)34-17-4-3-7-22-12-13-25-26(30-22)9-5-15-29-25/h1-2,6,8,12-13,20,23,27,29H,3-5,7,9-11,14-19H2,(H,32,33)/t23-,27?/m1/s1. The largest absolute Gasteiger partial charge is 0.480 e. The number of hydrogen-bond donors (Lipinski definition) is 2. The van der Waals surface area contributed by atoms with Gasteiger partial charge in [-0.05, 0) is 87.0 Å². The predicted molar refractivity (Wildman–Crippen MR) is 133 cm³/mol. The number of carboxylic acids is 1. The molecule has 3 heterocycles. The Balaban J connectivity index is 1.08. The van der Waals surface area contributed by atoms with Gasteiger partial charge < -0.3 is 15.2 Å². The van der Waals surface area contributed by atoms with E-state index in [0.29, 0.717) is 6.54 Å². The molecule has 5 rings (SSSR count). The number of aliphatic carboxylic acids is 1.